The van der Waals surface area contributed by atoms with Gasteiger partial charge in [0.1, 0.15) is 4.83 Å². The molecule has 0 radical (unpaired) electrons. The van der Waals surface area contributed by atoms with Crippen LogP contribution in [0.3, 0.4) is 0 Å². The molecule has 0 aliphatic rings. The van der Waals surface area contributed by atoms with Crippen molar-refractivity contribution in [1.29, 1.82) is 0 Å². The monoisotopic (exact) mass is 397 g/mol. The van der Waals surface area contributed by atoms with Crippen LogP contribution < -0.4 is 5.32 Å². The third-order valence-corrected chi connectivity index (χ3v) is 3.66. The lowest BCUT2D eigenvalue weighted by atomic mass is 10.2. The number of methoxy groups -OCH3 is 1. The summed E-state index contributed by atoms with van der Waals surface area (Å²) < 4.78 is 5.12. The van der Waals surface area contributed by atoms with E-state index in [1.807, 2.05) is 0 Å². The first-order valence-corrected chi connectivity index (χ1v) is 6.99. The lowest BCUT2D eigenvalue weighted by Gasteiger charge is -2.10. The average Bonchev–Trinajstić information content (AvgIpc) is 2.34. The molecule has 0 saturated heterocycles. The molecule has 1 atom stereocenters. The first-order chi connectivity index (χ1) is 8.45. The van der Waals surface area contributed by atoms with Crippen molar-refractivity contribution in [2.75, 3.05) is 13.7 Å². The number of nitrogens with one attached hydrogen (secondary N) is 1. The molecule has 0 saturated carbocycles. The lowest BCUT2D eigenvalue weighted by molar-refractivity contribution is -0.139. The Bertz CT molecular complexity index is 468. The molecule has 0 spiro atoms. The van der Waals surface area contributed by atoms with Crippen LogP contribution in [0.1, 0.15) is 10.4 Å². The van der Waals surface area contributed by atoms with Gasteiger partial charge >= 0.3 is 5.97 Å². The maximum absolute atomic E-state index is 11.8. The van der Waals surface area contributed by atoms with Crippen molar-refractivity contribution >= 4 is 55.3 Å². The zero-order chi connectivity index (χ0) is 13.7. The van der Waals surface area contributed by atoms with Crippen LogP contribution in [0.2, 0.25) is 5.02 Å². The highest BCUT2D eigenvalue weighted by Gasteiger charge is 2.17. The molecule has 1 aromatic rings. The largest absolute Gasteiger partial charge is 0.468 e. The Morgan fingerprint density at radius 3 is 2.72 bits per heavy atom. The number of halogens is 3. The highest BCUT2D eigenvalue weighted by atomic mass is 79.9. The van der Waals surface area contributed by atoms with Crippen LogP contribution in [0.4, 0.5) is 0 Å². The highest BCUT2D eigenvalue weighted by molar-refractivity contribution is 9.10. The number of benzene rings is 1. The van der Waals surface area contributed by atoms with Gasteiger partial charge < -0.3 is 10.1 Å². The van der Waals surface area contributed by atoms with Crippen molar-refractivity contribution in [3.63, 3.8) is 0 Å². The van der Waals surface area contributed by atoms with Gasteiger partial charge in [0, 0.05) is 16.0 Å². The molecule has 1 N–H and O–H groups in total. The summed E-state index contributed by atoms with van der Waals surface area (Å²) in [5.41, 5.74) is 0.448. The van der Waals surface area contributed by atoms with E-state index >= 15 is 0 Å². The predicted molar refractivity (Wildman–Crippen MR) is 76.2 cm³/mol. The molecule has 18 heavy (non-hydrogen) atoms. The van der Waals surface area contributed by atoms with Crippen LogP contribution in [0.25, 0.3) is 0 Å². The average molecular weight is 399 g/mol. The molecule has 1 amide bonds. The molecular formula is C11H10Br2ClNO3. The molecule has 1 unspecified atom stereocenters. The van der Waals surface area contributed by atoms with E-state index in [1.54, 1.807) is 18.2 Å². The summed E-state index contributed by atoms with van der Waals surface area (Å²) >= 11 is 12.1. The molecule has 1 aromatic carbocycles. The van der Waals surface area contributed by atoms with Crippen LogP contribution in [-0.2, 0) is 9.53 Å². The summed E-state index contributed by atoms with van der Waals surface area (Å²) in [4.78, 5) is 22.4. The van der Waals surface area contributed by atoms with Crippen LogP contribution in [0.5, 0.6) is 0 Å². The van der Waals surface area contributed by atoms with Crippen LogP contribution in [0.15, 0.2) is 22.7 Å². The van der Waals surface area contributed by atoms with Gasteiger partial charge in [-0.05, 0) is 34.1 Å². The molecule has 98 valence electrons. The molecule has 0 aliphatic carbocycles. The smallest absolute Gasteiger partial charge is 0.321 e. The van der Waals surface area contributed by atoms with Crippen LogP contribution in [0, 0.1) is 0 Å². The predicted octanol–water partition coefficient (Wildman–Crippen LogP) is 2.77. The Labute approximate surface area is 126 Å². The fraction of sp³-hybridized carbons (Fsp3) is 0.273. The van der Waals surface area contributed by atoms with E-state index in [9.17, 15) is 9.59 Å². The minimum Gasteiger partial charge on any atom is -0.468 e. The van der Waals surface area contributed by atoms with Crippen LogP contribution >= 0.6 is 43.5 Å². The van der Waals surface area contributed by atoms with Gasteiger partial charge in [0.25, 0.3) is 5.91 Å². The number of hydrogen-bond donors (Lipinski definition) is 1. The summed E-state index contributed by atoms with van der Waals surface area (Å²) in [6.45, 7) is 0.139. The number of ether oxygens (including phenoxy) is 1. The summed E-state index contributed by atoms with van der Waals surface area (Å²) in [7, 11) is 1.29. The minimum absolute atomic E-state index is 0.139. The zero-order valence-corrected chi connectivity index (χ0v) is 13.3. The Morgan fingerprint density at radius 2 is 2.17 bits per heavy atom. The quantitative estimate of drug-likeness (QED) is 0.626. The SMILES string of the molecule is COC(=O)C(Br)CNC(=O)c1ccc(Cl)cc1Br. The second kappa shape index (κ2) is 7.11. The molecule has 0 aromatic heterocycles. The third kappa shape index (κ3) is 4.26. The van der Waals surface area contributed by atoms with Gasteiger partial charge in [0.15, 0.2) is 0 Å². The summed E-state index contributed by atoms with van der Waals surface area (Å²) in [5.74, 6) is -0.739. The third-order valence-electron chi connectivity index (χ3n) is 2.07. The van der Waals surface area contributed by atoms with E-state index in [2.05, 4.69) is 41.9 Å². The van der Waals surface area contributed by atoms with Gasteiger partial charge in [-0.2, -0.15) is 0 Å². The van der Waals surface area contributed by atoms with Crippen molar-refractivity contribution in [3.05, 3.63) is 33.3 Å². The van der Waals surface area contributed by atoms with Gasteiger partial charge in [-0.1, -0.05) is 27.5 Å². The second-order valence-electron chi connectivity index (χ2n) is 3.32. The minimum atomic E-state index is -0.572. The van der Waals surface area contributed by atoms with Crippen molar-refractivity contribution < 1.29 is 14.3 Å². The molecule has 0 fully saturated rings. The maximum Gasteiger partial charge on any atom is 0.321 e. The highest BCUT2D eigenvalue weighted by Crippen LogP contribution is 2.21. The van der Waals surface area contributed by atoms with Gasteiger partial charge in [-0.15, -0.1) is 0 Å². The van der Waals surface area contributed by atoms with Gasteiger partial charge in [0.05, 0.1) is 12.7 Å². The van der Waals surface area contributed by atoms with Crippen LogP contribution in [-0.4, -0.2) is 30.4 Å². The van der Waals surface area contributed by atoms with Crippen molar-refractivity contribution in [2.24, 2.45) is 0 Å². The molecule has 7 heteroatoms. The maximum atomic E-state index is 11.8. The molecule has 4 nitrogen and oxygen atoms in total. The van der Waals surface area contributed by atoms with Crippen molar-refractivity contribution in [2.45, 2.75) is 4.83 Å². The Balaban J connectivity index is 2.63. The molecule has 1 rings (SSSR count). The van der Waals surface area contributed by atoms with E-state index in [4.69, 9.17) is 11.6 Å². The van der Waals surface area contributed by atoms with E-state index < -0.39 is 10.8 Å². The number of carbonyl (C=O) groups excluding carboxylic acids is 2. The van der Waals surface area contributed by atoms with E-state index in [1.165, 1.54) is 7.11 Å². The number of esters is 1. The Hall–Kier alpha value is -0.590. The zero-order valence-electron chi connectivity index (χ0n) is 9.38. The van der Waals surface area contributed by atoms with E-state index in [0.717, 1.165) is 0 Å². The molecule has 0 aliphatic heterocycles. The number of amides is 1. The molecular weight excluding hydrogens is 389 g/mol. The molecule has 0 bridgehead atoms. The summed E-state index contributed by atoms with van der Waals surface area (Å²) in [5, 5.41) is 3.15. The first-order valence-electron chi connectivity index (χ1n) is 4.91. The number of alkyl halides is 1. The molecule has 0 heterocycles. The van der Waals surface area contributed by atoms with E-state index in [0.29, 0.717) is 15.1 Å². The van der Waals surface area contributed by atoms with Gasteiger partial charge in [0.2, 0.25) is 0 Å². The van der Waals surface area contributed by atoms with Gasteiger partial charge in [-0.3, -0.25) is 9.59 Å². The lowest BCUT2D eigenvalue weighted by Crippen LogP contribution is -2.34. The fourth-order valence-electron chi connectivity index (χ4n) is 1.16. The topological polar surface area (TPSA) is 55.4 Å². The summed E-state index contributed by atoms with van der Waals surface area (Å²) in [6.07, 6.45) is 0. The number of rotatable bonds is 4. The van der Waals surface area contributed by atoms with Gasteiger partial charge in [-0.25, -0.2) is 0 Å². The normalized spacial score (nSPS) is 11.8. The standard InChI is InChI=1S/C11H10Br2ClNO3/c1-18-11(17)9(13)5-15-10(16)7-3-2-6(14)4-8(7)12/h2-4,9H,5H2,1H3,(H,15,16). The fourth-order valence-corrected chi connectivity index (χ4v) is 2.37. The van der Waals surface area contributed by atoms with E-state index in [-0.39, 0.29) is 12.5 Å². The first kappa shape index (κ1) is 15.5. The Morgan fingerprint density at radius 1 is 1.50 bits per heavy atom. The second-order valence-corrected chi connectivity index (χ2v) is 5.72. The number of carbonyl (C=O) groups is 2. The Kier molecular flexibility index (Phi) is 6.11. The number of hydrogen-bond acceptors (Lipinski definition) is 3. The van der Waals surface area contributed by atoms with Crippen molar-refractivity contribution in [1.82, 2.24) is 5.32 Å². The summed E-state index contributed by atoms with van der Waals surface area (Å²) in [6, 6.07) is 4.85. The van der Waals surface area contributed by atoms with Crippen molar-refractivity contribution in [3.8, 4) is 0 Å².